The highest BCUT2D eigenvalue weighted by Crippen LogP contribution is 2.11. The second-order valence-corrected chi connectivity index (χ2v) is 7.03. The first-order chi connectivity index (χ1) is 12.0. The van der Waals surface area contributed by atoms with Gasteiger partial charge in [0.15, 0.2) is 5.96 Å². The average molecular weight is 345 g/mol. The van der Waals surface area contributed by atoms with Crippen LogP contribution in [0.25, 0.3) is 0 Å². The minimum Gasteiger partial charge on any atom is -0.469 e. The zero-order valence-corrected chi connectivity index (χ0v) is 15.7. The molecule has 2 heterocycles. The Bertz CT molecular complexity index is 569. The normalized spacial score (nSPS) is 16.6. The van der Waals surface area contributed by atoms with E-state index in [1.807, 2.05) is 19.1 Å². The van der Waals surface area contributed by atoms with Crippen molar-refractivity contribution in [3.05, 3.63) is 48.5 Å². The number of nitrogens with zero attached hydrogens (tertiary/aromatic N) is 2. The fraction of sp³-hybridized carbons (Fsp3) is 0.550. The fourth-order valence-corrected chi connectivity index (χ4v) is 2.94. The van der Waals surface area contributed by atoms with E-state index < -0.39 is 0 Å². The van der Waals surface area contributed by atoms with Crippen molar-refractivity contribution in [1.29, 1.82) is 0 Å². The fourth-order valence-electron chi connectivity index (χ4n) is 2.94. The number of guanidine groups is 1. The number of hydrogen-bond donors (Lipinski definition) is 2. The number of aliphatic imine (C=N–C) groups is 1. The van der Waals surface area contributed by atoms with Crippen molar-refractivity contribution >= 4 is 5.96 Å². The van der Waals surface area contributed by atoms with Gasteiger partial charge >= 0.3 is 0 Å². The molecule has 0 aromatic carbocycles. The van der Waals surface area contributed by atoms with Gasteiger partial charge in [0, 0.05) is 38.6 Å². The van der Waals surface area contributed by atoms with E-state index in [0.717, 1.165) is 62.7 Å². The van der Waals surface area contributed by atoms with Crippen LogP contribution in [0.1, 0.15) is 32.4 Å². The van der Waals surface area contributed by atoms with Crippen LogP contribution >= 0.6 is 0 Å². The Balaban J connectivity index is 1.80. The molecule has 2 rings (SSSR count). The highest BCUT2D eigenvalue weighted by molar-refractivity contribution is 5.80. The molecule has 5 nitrogen and oxygen atoms in total. The zero-order chi connectivity index (χ0) is 18.1. The van der Waals surface area contributed by atoms with Gasteiger partial charge in [-0.05, 0) is 38.8 Å². The van der Waals surface area contributed by atoms with E-state index in [1.54, 1.807) is 6.26 Å². The maximum atomic E-state index is 5.38. The van der Waals surface area contributed by atoms with Crippen LogP contribution < -0.4 is 10.6 Å². The third kappa shape index (κ3) is 7.61. The third-order valence-corrected chi connectivity index (χ3v) is 4.17. The summed E-state index contributed by atoms with van der Waals surface area (Å²) < 4.78 is 5.38. The molecule has 138 valence electrons. The van der Waals surface area contributed by atoms with Gasteiger partial charge in [-0.15, -0.1) is 0 Å². The van der Waals surface area contributed by atoms with E-state index in [9.17, 15) is 0 Å². The van der Waals surface area contributed by atoms with Crippen molar-refractivity contribution in [2.45, 2.75) is 39.2 Å². The molecular weight excluding hydrogens is 312 g/mol. The molecule has 1 saturated heterocycles. The van der Waals surface area contributed by atoms with E-state index >= 15 is 0 Å². The standard InChI is InChI=1S/C20H32N4O/c1-16(2)14-22-20(21-10-7-19-6-5-13-25-19)23-18-8-11-24(12-9-18)15-17(3)4/h5-6,13,18H,1,3,7-12,14-15H2,2,4H3,(H2,21,22,23). The van der Waals surface area contributed by atoms with Crippen LogP contribution in [-0.2, 0) is 6.42 Å². The summed E-state index contributed by atoms with van der Waals surface area (Å²) in [5.41, 5.74) is 2.29. The van der Waals surface area contributed by atoms with E-state index in [2.05, 4.69) is 40.6 Å². The summed E-state index contributed by atoms with van der Waals surface area (Å²) in [6.07, 6.45) is 4.80. The van der Waals surface area contributed by atoms with Gasteiger partial charge in [-0.25, -0.2) is 4.99 Å². The van der Waals surface area contributed by atoms with Crippen LogP contribution in [0.4, 0.5) is 0 Å². The molecule has 25 heavy (non-hydrogen) atoms. The SMILES string of the molecule is C=C(C)CN=C(NCCc1ccco1)NC1CCN(CC(=C)C)CC1. The van der Waals surface area contributed by atoms with Gasteiger partial charge in [-0.1, -0.05) is 24.3 Å². The van der Waals surface area contributed by atoms with Crippen molar-refractivity contribution < 1.29 is 4.42 Å². The number of rotatable bonds is 8. The van der Waals surface area contributed by atoms with Gasteiger partial charge in [0.1, 0.15) is 5.76 Å². The van der Waals surface area contributed by atoms with Crippen molar-refractivity contribution in [3.63, 3.8) is 0 Å². The van der Waals surface area contributed by atoms with Crippen molar-refractivity contribution in [2.24, 2.45) is 4.99 Å². The molecular formula is C20H32N4O. The molecule has 1 aliphatic heterocycles. The Morgan fingerprint density at radius 2 is 2.04 bits per heavy atom. The molecule has 0 atom stereocenters. The molecule has 1 aromatic heterocycles. The Morgan fingerprint density at radius 1 is 1.28 bits per heavy atom. The Hall–Kier alpha value is -2.01. The van der Waals surface area contributed by atoms with E-state index in [4.69, 9.17) is 4.42 Å². The van der Waals surface area contributed by atoms with Crippen molar-refractivity contribution in [1.82, 2.24) is 15.5 Å². The number of likely N-dealkylation sites (tertiary alicyclic amines) is 1. The lowest BCUT2D eigenvalue weighted by Crippen LogP contribution is -2.49. The summed E-state index contributed by atoms with van der Waals surface area (Å²) in [5.74, 6) is 1.85. The molecule has 0 bridgehead atoms. The Labute approximate surface area is 151 Å². The van der Waals surface area contributed by atoms with Crippen molar-refractivity contribution in [2.75, 3.05) is 32.7 Å². The molecule has 1 aliphatic rings. The van der Waals surface area contributed by atoms with Gasteiger partial charge in [0.25, 0.3) is 0 Å². The number of piperidine rings is 1. The van der Waals surface area contributed by atoms with Crippen LogP contribution in [0, 0.1) is 0 Å². The highest BCUT2D eigenvalue weighted by atomic mass is 16.3. The predicted octanol–water partition coefficient (Wildman–Crippen LogP) is 2.97. The summed E-state index contributed by atoms with van der Waals surface area (Å²) in [6, 6.07) is 4.38. The molecule has 0 spiro atoms. The van der Waals surface area contributed by atoms with Gasteiger partial charge in [-0.2, -0.15) is 0 Å². The summed E-state index contributed by atoms with van der Waals surface area (Å²) in [7, 11) is 0. The van der Waals surface area contributed by atoms with Gasteiger partial charge in [0.2, 0.25) is 0 Å². The van der Waals surface area contributed by atoms with E-state index in [1.165, 1.54) is 5.57 Å². The van der Waals surface area contributed by atoms with Gasteiger partial charge in [-0.3, -0.25) is 4.90 Å². The molecule has 0 saturated carbocycles. The minimum atomic E-state index is 0.460. The predicted molar refractivity (Wildman–Crippen MR) is 105 cm³/mol. The minimum absolute atomic E-state index is 0.460. The quantitative estimate of drug-likeness (QED) is 0.432. The van der Waals surface area contributed by atoms with E-state index in [0.29, 0.717) is 12.6 Å². The third-order valence-electron chi connectivity index (χ3n) is 4.17. The van der Waals surface area contributed by atoms with E-state index in [-0.39, 0.29) is 0 Å². The van der Waals surface area contributed by atoms with Gasteiger partial charge < -0.3 is 15.1 Å². The second-order valence-electron chi connectivity index (χ2n) is 7.03. The molecule has 0 radical (unpaired) electrons. The first-order valence-corrected chi connectivity index (χ1v) is 9.11. The largest absolute Gasteiger partial charge is 0.469 e. The summed E-state index contributed by atoms with van der Waals surface area (Å²) >= 11 is 0. The first-order valence-electron chi connectivity index (χ1n) is 9.11. The topological polar surface area (TPSA) is 52.8 Å². The molecule has 0 amide bonds. The molecule has 0 unspecified atom stereocenters. The van der Waals surface area contributed by atoms with Crippen molar-refractivity contribution in [3.8, 4) is 0 Å². The number of furan rings is 1. The molecule has 5 heteroatoms. The zero-order valence-electron chi connectivity index (χ0n) is 15.7. The maximum Gasteiger partial charge on any atom is 0.191 e. The maximum absolute atomic E-state index is 5.38. The number of hydrogen-bond acceptors (Lipinski definition) is 3. The summed E-state index contributed by atoms with van der Waals surface area (Å²) in [6.45, 7) is 16.7. The van der Waals surface area contributed by atoms with Crippen LogP contribution in [0.3, 0.4) is 0 Å². The summed E-state index contributed by atoms with van der Waals surface area (Å²) in [5, 5.41) is 7.00. The second kappa shape index (κ2) is 10.1. The van der Waals surface area contributed by atoms with Crippen LogP contribution in [0.5, 0.6) is 0 Å². The smallest absolute Gasteiger partial charge is 0.191 e. The average Bonchev–Trinajstić information content (AvgIpc) is 3.07. The lowest BCUT2D eigenvalue weighted by Gasteiger charge is -2.33. The van der Waals surface area contributed by atoms with Crippen LogP contribution in [-0.4, -0.2) is 49.6 Å². The van der Waals surface area contributed by atoms with Gasteiger partial charge in [0.05, 0.1) is 12.8 Å². The first kappa shape index (κ1) is 19.3. The lowest BCUT2D eigenvalue weighted by atomic mass is 10.0. The Morgan fingerprint density at radius 3 is 2.64 bits per heavy atom. The molecule has 1 fully saturated rings. The molecule has 1 aromatic rings. The summed E-state index contributed by atoms with van der Waals surface area (Å²) in [4.78, 5) is 7.11. The monoisotopic (exact) mass is 344 g/mol. The molecule has 0 aliphatic carbocycles. The Kier molecular flexibility index (Phi) is 7.79. The van der Waals surface area contributed by atoms with Crippen LogP contribution in [0.15, 0.2) is 52.1 Å². The molecule has 2 N–H and O–H groups in total. The lowest BCUT2D eigenvalue weighted by molar-refractivity contribution is 0.221. The number of nitrogens with one attached hydrogen (secondary N) is 2. The highest BCUT2D eigenvalue weighted by Gasteiger charge is 2.19. The van der Waals surface area contributed by atoms with Crippen LogP contribution in [0.2, 0.25) is 0 Å².